The zero-order valence-corrected chi connectivity index (χ0v) is 20.8. The molecule has 0 unspecified atom stereocenters. The van der Waals surface area contributed by atoms with Crippen molar-refractivity contribution < 1.29 is 0 Å². The highest BCUT2D eigenvalue weighted by atomic mass is 32.1. The predicted molar refractivity (Wildman–Crippen MR) is 155 cm³/mol. The third-order valence-electron chi connectivity index (χ3n) is 6.22. The van der Waals surface area contributed by atoms with E-state index in [1.165, 1.54) is 63.0 Å². The predicted octanol–water partition coefficient (Wildman–Crippen LogP) is 10.2. The Morgan fingerprint density at radius 1 is 0.441 bits per heavy atom. The first kappa shape index (κ1) is 21.1. The van der Waals surface area contributed by atoms with Gasteiger partial charge in [-0.05, 0) is 48.2 Å². The van der Waals surface area contributed by atoms with E-state index < -0.39 is 0 Å². The van der Waals surface area contributed by atoms with E-state index in [0.717, 1.165) is 0 Å². The van der Waals surface area contributed by atoms with E-state index in [2.05, 4.69) is 123 Å². The topological polar surface area (TPSA) is 0 Å². The Morgan fingerprint density at radius 2 is 0.794 bits per heavy atom. The molecule has 0 N–H and O–H groups in total. The van der Waals surface area contributed by atoms with Gasteiger partial charge in [-0.15, -0.1) is 22.7 Å². The molecule has 0 aliphatic heterocycles. The molecule has 164 valence electrons. The van der Waals surface area contributed by atoms with E-state index in [1.54, 1.807) is 0 Å². The minimum absolute atomic E-state index is 1.23. The lowest BCUT2D eigenvalue weighted by Crippen LogP contribution is -1.75. The fourth-order valence-corrected chi connectivity index (χ4v) is 6.99. The molecular weight excluding hydrogens is 448 g/mol. The molecular formula is C32H24S2. The summed E-state index contributed by atoms with van der Waals surface area (Å²) in [7, 11) is 0. The molecule has 0 amide bonds. The van der Waals surface area contributed by atoms with Crippen molar-refractivity contribution in [1.82, 2.24) is 0 Å². The van der Waals surface area contributed by atoms with Crippen LogP contribution in [0.2, 0.25) is 0 Å². The first-order valence-electron chi connectivity index (χ1n) is 11.5. The van der Waals surface area contributed by atoms with Crippen LogP contribution in [0.3, 0.4) is 0 Å². The average molecular weight is 473 g/mol. The van der Waals surface area contributed by atoms with Gasteiger partial charge in [-0.2, -0.15) is 0 Å². The maximum atomic E-state index is 2.32. The molecule has 0 spiro atoms. The first-order chi connectivity index (χ1) is 16.6. The van der Waals surface area contributed by atoms with Gasteiger partial charge in [0.25, 0.3) is 0 Å². The van der Waals surface area contributed by atoms with Crippen molar-refractivity contribution in [3.05, 3.63) is 118 Å². The Morgan fingerprint density at radius 3 is 1.21 bits per heavy atom. The second kappa shape index (κ2) is 8.72. The fraction of sp³-hybridized carbons (Fsp3) is 0.0625. The van der Waals surface area contributed by atoms with E-state index in [1.807, 2.05) is 22.7 Å². The smallest absolute Gasteiger partial charge is 0.0542 e. The minimum Gasteiger partial charge on any atom is -0.134 e. The van der Waals surface area contributed by atoms with E-state index >= 15 is 0 Å². The van der Waals surface area contributed by atoms with Crippen LogP contribution in [0.5, 0.6) is 0 Å². The standard InChI is InChI=1S/C32H24S2/c1-21-3-7-23(8-4-21)11-13-25-15-17-27-29(19-25)33-32-28-18-16-26(20-30(28)34-31(27)32)14-12-24-9-5-22(2)6-10-24/h3-20H,1-2H3/b13-11+,14-12+. The summed E-state index contributed by atoms with van der Waals surface area (Å²) in [6.07, 6.45) is 8.81. The largest absolute Gasteiger partial charge is 0.134 e. The van der Waals surface area contributed by atoms with Gasteiger partial charge in [0, 0.05) is 20.2 Å². The van der Waals surface area contributed by atoms with Gasteiger partial charge in [0.05, 0.1) is 9.40 Å². The van der Waals surface area contributed by atoms with Gasteiger partial charge >= 0.3 is 0 Å². The lowest BCUT2D eigenvalue weighted by Gasteiger charge is -1.98. The van der Waals surface area contributed by atoms with Gasteiger partial charge < -0.3 is 0 Å². The summed E-state index contributed by atoms with van der Waals surface area (Å²) in [4.78, 5) is 0. The lowest BCUT2D eigenvalue weighted by atomic mass is 10.1. The maximum Gasteiger partial charge on any atom is 0.0542 e. The second-order valence-electron chi connectivity index (χ2n) is 8.86. The SMILES string of the molecule is Cc1ccc(/C=C/c2ccc3c(c2)sc2c4ccc(/C=C/c5ccc(C)cc5)cc4sc32)cc1. The molecule has 4 aromatic carbocycles. The molecule has 6 rings (SSSR count). The molecule has 34 heavy (non-hydrogen) atoms. The molecule has 0 saturated heterocycles. The van der Waals surface area contributed by atoms with Gasteiger partial charge in [0.1, 0.15) is 0 Å². The van der Waals surface area contributed by atoms with Crippen LogP contribution >= 0.6 is 22.7 Å². The highest BCUT2D eigenvalue weighted by Crippen LogP contribution is 2.44. The van der Waals surface area contributed by atoms with Crippen molar-refractivity contribution in [2.75, 3.05) is 0 Å². The van der Waals surface area contributed by atoms with E-state index in [-0.39, 0.29) is 0 Å². The summed E-state index contributed by atoms with van der Waals surface area (Å²) in [5.74, 6) is 0. The summed E-state index contributed by atoms with van der Waals surface area (Å²) in [5, 5.41) is 2.73. The Kier molecular flexibility index (Phi) is 5.41. The number of hydrogen-bond donors (Lipinski definition) is 0. The molecule has 2 aromatic heterocycles. The lowest BCUT2D eigenvalue weighted by molar-refractivity contribution is 1.46. The molecule has 0 bridgehead atoms. The molecule has 0 atom stereocenters. The van der Waals surface area contributed by atoms with Crippen molar-refractivity contribution in [1.29, 1.82) is 0 Å². The molecule has 0 saturated carbocycles. The van der Waals surface area contributed by atoms with E-state index in [4.69, 9.17) is 0 Å². The van der Waals surface area contributed by atoms with Crippen molar-refractivity contribution in [3.63, 3.8) is 0 Å². The normalized spacial score (nSPS) is 12.2. The highest BCUT2D eigenvalue weighted by Gasteiger charge is 2.12. The molecule has 2 heterocycles. The van der Waals surface area contributed by atoms with E-state index in [9.17, 15) is 0 Å². The molecule has 0 aliphatic rings. The van der Waals surface area contributed by atoms with Crippen molar-refractivity contribution >= 4 is 76.5 Å². The summed E-state index contributed by atoms with van der Waals surface area (Å²) in [6, 6.07) is 31.0. The van der Waals surface area contributed by atoms with Gasteiger partial charge in [0.2, 0.25) is 0 Å². The van der Waals surface area contributed by atoms with Crippen molar-refractivity contribution in [3.8, 4) is 0 Å². The van der Waals surface area contributed by atoms with Gasteiger partial charge in [-0.1, -0.05) is 108 Å². The number of thiophene rings is 2. The minimum atomic E-state index is 1.23. The highest BCUT2D eigenvalue weighted by molar-refractivity contribution is 7.36. The second-order valence-corrected chi connectivity index (χ2v) is 11.0. The van der Waals surface area contributed by atoms with Crippen molar-refractivity contribution in [2.45, 2.75) is 13.8 Å². The number of fused-ring (bicyclic) bond motifs is 5. The number of benzene rings is 4. The third-order valence-corrected chi connectivity index (χ3v) is 8.72. The number of aryl methyl sites for hydroxylation is 2. The molecule has 0 radical (unpaired) electrons. The quantitative estimate of drug-likeness (QED) is 0.224. The monoisotopic (exact) mass is 472 g/mol. The molecule has 6 aromatic rings. The van der Waals surface area contributed by atoms with E-state index in [0.29, 0.717) is 0 Å². The Labute approximate surface area is 208 Å². The summed E-state index contributed by atoms with van der Waals surface area (Å²) in [5.41, 5.74) is 7.54. The zero-order chi connectivity index (χ0) is 23.1. The fourth-order valence-electron chi connectivity index (χ4n) is 4.24. The third kappa shape index (κ3) is 4.11. The maximum absolute atomic E-state index is 2.32. The average Bonchev–Trinajstić information content (AvgIpc) is 3.38. The van der Waals surface area contributed by atoms with Crippen LogP contribution in [-0.2, 0) is 0 Å². The Balaban J connectivity index is 1.32. The van der Waals surface area contributed by atoms with Crippen LogP contribution in [0.1, 0.15) is 33.4 Å². The van der Waals surface area contributed by atoms with Crippen LogP contribution in [0, 0.1) is 13.8 Å². The number of rotatable bonds is 4. The van der Waals surface area contributed by atoms with Crippen LogP contribution in [0.25, 0.3) is 53.9 Å². The van der Waals surface area contributed by atoms with Gasteiger partial charge in [0.15, 0.2) is 0 Å². The zero-order valence-electron chi connectivity index (χ0n) is 19.2. The summed E-state index contributed by atoms with van der Waals surface area (Å²) < 4.78 is 5.53. The number of hydrogen-bond acceptors (Lipinski definition) is 2. The summed E-state index contributed by atoms with van der Waals surface area (Å²) in [6.45, 7) is 4.24. The van der Waals surface area contributed by atoms with Gasteiger partial charge in [-0.3, -0.25) is 0 Å². The molecule has 0 fully saturated rings. The first-order valence-corrected chi connectivity index (χ1v) is 13.1. The Hall–Kier alpha value is -3.46. The molecule has 2 heteroatoms. The van der Waals surface area contributed by atoms with Crippen LogP contribution in [-0.4, -0.2) is 0 Å². The molecule has 0 nitrogen and oxygen atoms in total. The van der Waals surface area contributed by atoms with Gasteiger partial charge in [-0.25, -0.2) is 0 Å². The van der Waals surface area contributed by atoms with Crippen LogP contribution in [0.4, 0.5) is 0 Å². The Bertz CT molecular complexity index is 1560. The van der Waals surface area contributed by atoms with Crippen LogP contribution < -0.4 is 0 Å². The van der Waals surface area contributed by atoms with Crippen molar-refractivity contribution in [2.24, 2.45) is 0 Å². The van der Waals surface area contributed by atoms with Crippen LogP contribution in [0.15, 0.2) is 84.9 Å². The summed E-state index contributed by atoms with van der Waals surface area (Å²) >= 11 is 3.82. The molecule has 0 aliphatic carbocycles.